The van der Waals surface area contributed by atoms with E-state index in [0.29, 0.717) is 13.1 Å². The van der Waals surface area contributed by atoms with Crippen molar-refractivity contribution < 1.29 is 18.0 Å². The Labute approximate surface area is 141 Å². The monoisotopic (exact) mass is 351 g/mol. The van der Waals surface area contributed by atoms with Crippen LogP contribution >= 0.6 is 11.6 Å². The molecule has 0 atom stereocenters. The second kappa shape index (κ2) is 13.0. The quantitative estimate of drug-likeness (QED) is 0.494. The smallest absolute Gasteiger partial charge is 0.341 e. The van der Waals surface area contributed by atoms with E-state index < -0.39 is 6.18 Å². The zero-order chi connectivity index (χ0) is 18.5. The van der Waals surface area contributed by atoms with Gasteiger partial charge in [0.05, 0.1) is 0 Å². The van der Waals surface area contributed by atoms with Crippen molar-refractivity contribution in [3.05, 3.63) is 47.0 Å². The van der Waals surface area contributed by atoms with E-state index in [-0.39, 0.29) is 6.92 Å². The number of aryl methyl sites for hydroxylation is 1. The first-order valence-corrected chi connectivity index (χ1v) is 7.67. The van der Waals surface area contributed by atoms with Gasteiger partial charge in [0.25, 0.3) is 0 Å². The molecule has 0 aliphatic carbocycles. The molecule has 0 bridgehead atoms. The van der Waals surface area contributed by atoms with Gasteiger partial charge in [-0.1, -0.05) is 37.6 Å². The molecule has 1 aromatic carbocycles. The summed E-state index contributed by atoms with van der Waals surface area (Å²) in [5.41, 5.74) is 2.39. The molecule has 0 N–H and O–H groups in total. The molecule has 132 valence electrons. The molecule has 1 rings (SSSR count). The number of halogens is 4. The normalized spacial score (nSPS) is 9.74. The van der Waals surface area contributed by atoms with E-state index in [1.165, 1.54) is 5.56 Å². The Kier molecular flexibility index (Phi) is 13.4. The van der Waals surface area contributed by atoms with Gasteiger partial charge in [0.2, 0.25) is 6.41 Å². The lowest BCUT2D eigenvalue weighted by atomic mass is 10.1. The van der Waals surface area contributed by atoms with Crippen LogP contribution in [0.2, 0.25) is 5.02 Å². The number of nitrogens with zero attached hydrogens (tertiary/aromatic N) is 1. The summed E-state index contributed by atoms with van der Waals surface area (Å²) in [6.07, 6.45) is -0.578. The maximum Gasteiger partial charge on any atom is 0.386 e. The number of rotatable bonds is 6. The molecule has 0 aliphatic rings. The summed E-state index contributed by atoms with van der Waals surface area (Å²) in [4.78, 5) is 12.4. The van der Waals surface area contributed by atoms with Crippen LogP contribution in [0.5, 0.6) is 0 Å². The van der Waals surface area contributed by atoms with Gasteiger partial charge in [0.15, 0.2) is 0 Å². The van der Waals surface area contributed by atoms with Gasteiger partial charge < -0.3 is 4.90 Å². The van der Waals surface area contributed by atoms with Gasteiger partial charge in [-0.25, -0.2) is 0 Å². The third-order valence-corrected chi connectivity index (χ3v) is 2.72. The average Bonchev–Trinajstić information content (AvgIpc) is 2.45. The second-order valence-corrected chi connectivity index (χ2v) is 4.93. The maximum atomic E-state index is 10.7. The van der Waals surface area contributed by atoms with E-state index in [1.54, 1.807) is 11.0 Å². The molecule has 0 spiro atoms. The molecular weight excluding hydrogens is 327 g/mol. The summed E-state index contributed by atoms with van der Waals surface area (Å²) in [6.45, 7) is 11.1. The lowest BCUT2D eigenvalue weighted by molar-refractivity contribution is -0.117. The van der Waals surface area contributed by atoms with Crippen molar-refractivity contribution >= 4 is 18.0 Å². The number of hydrogen-bond acceptors (Lipinski definition) is 1. The van der Waals surface area contributed by atoms with E-state index in [0.717, 1.165) is 23.4 Å². The number of hydrogen-bond donors (Lipinski definition) is 0. The molecule has 6 heteroatoms. The summed E-state index contributed by atoms with van der Waals surface area (Å²) in [5, 5.41) is 0.750. The first-order chi connectivity index (χ1) is 10.7. The first-order valence-electron chi connectivity index (χ1n) is 7.29. The van der Waals surface area contributed by atoms with Crippen LogP contribution in [0.1, 0.15) is 31.9 Å². The van der Waals surface area contributed by atoms with Gasteiger partial charge in [-0.05, 0) is 36.6 Å². The summed E-state index contributed by atoms with van der Waals surface area (Å²) in [6, 6.07) is 5.83. The van der Waals surface area contributed by atoms with E-state index in [2.05, 4.69) is 6.58 Å². The molecule has 0 aliphatic heterocycles. The molecule has 23 heavy (non-hydrogen) atoms. The Morgan fingerprint density at radius 1 is 1.30 bits per heavy atom. The number of alkyl halides is 3. The minimum Gasteiger partial charge on any atom is -0.341 e. The molecule has 1 amide bonds. The average molecular weight is 352 g/mol. The molecule has 0 heterocycles. The Bertz CT molecular complexity index is 456. The second-order valence-electron chi connectivity index (χ2n) is 4.49. The van der Waals surface area contributed by atoms with Crippen molar-refractivity contribution in [1.82, 2.24) is 4.90 Å². The van der Waals surface area contributed by atoms with Crippen molar-refractivity contribution in [2.75, 3.05) is 13.1 Å². The van der Waals surface area contributed by atoms with Gasteiger partial charge >= 0.3 is 6.18 Å². The summed E-state index contributed by atoms with van der Waals surface area (Å²) >= 11 is 5.88. The van der Waals surface area contributed by atoms with Gasteiger partial charge in [0.1, 0.15) is 0 Å². The largest absolute Gasteiger partial charge is 0.386 e. The van der Waals surface area contributed by atoms with E-state index in [1.807, 2.05) is 39.0 Å². The molecule has 0 aromatic heterocycles. The molecule has 0 fully saturated rings. The zero-order valence-corrected chi connectivity index (χ0v) is 14.8. The van der Waals surface area contributed by atoms with Crippen LogP contribution in [0.3, 0.4) is 0 Å². The van der Waals surface area contributed by atoms with Crippen LogP contribution in [-0.2, 0) is 11.2 Å². The van der Waals surface area contributed by atoms with Gasteiger partial charge in [-0.2, -0.15) is 13.2 Å². The molecule has 0 saturated carbocycles. The van der Waals surface area contributed by atoms with Crippen molar-refractivity contribution in [2.45, 2.75) is 40.3 Å². The minimum atomic E-state index is -4.00. The predicted octanol–water partition coefficient (Wildman–Crippen LogP) is 5.43. The Balaban J connectivity index is 0. The zero-order valence-electron chi connectivity index (χ0n) is 14.1. The van der Waals surface area contributed by atoms with Crippen molar-refractivity contribution in [2.24, 2.45) is 0 Å². The molecule has 0 radical (unpaired) electrons. The Hall–Kier alpha value is -1.49. The van der Waals surface area contributed by atoms with Crippen LogP contribution in [-0.4, -0.2) is 30.6 Å². The fourth-order valence-electron chi connectivity index (χ4n) is 1.56. The predicted molar refractivity (Wildman–Crippen MR) is 90.8 cm³/mol. The minimum absolute atomic E-state index is 0.188. The number of carbonyl (C=O) groups excluding carboxylic acids is 1. The number of carbonyl (C=O) groups is 1. The van der Waals surface area contributed by atoms with Gasteiger partial charge in [0, 0.05) is 25.0 Å². The number of benzene rings is 1. The SMILES string of the molecule is C=CCN(C=O)CCc1ccc(Cl)cc1C.CC.CC(F)(F)F. The highest BCUT2D eigenvalue weighted by Crippen LogP contribution is 2.15. The van der Waals surface area contributed by atoms with Crippen LogP contribution in [0.25, 0.3) is 0 Å². The summed E-state index contributed by atoms with van der Waals surface area (Å²) in [5.74, 6) is 0. The Morgan fingerprint density at radius 3 is 2.22 bits per heavy atom. The summed E-state index contributed by atoms with van der Waals surface area (Å²) < 4.78 is 31.1. The lowest BCUT2D eigenvalue weighted by Gasteiger charge is -2.15. The van der Waals surface area contributed by atoms with Crippen LogP contribution in [0.4, 0.5) is 13.2 Å². The maximum absolute atomic E-state index is 10.7. The highest BCUT2D eigenvalue weighted by atomic mass is 35.5. The molecule has 0 unspecified atom stereocenters. The van der Waals surface area contributed by atoms with Crippen LogP contribution in [0, 0.1) is 6.92 Å². The highest BCUT2D eigenvalue weighted by molar-refractivity contribution is 6.30. The molecule has 2 nitrogen and oxygen atoms in total. The molecule has 1 aromatic rings. The molecular formula is C17H25ClF3NO. The van der Waals surface area contributed by atoms with Crippen molar-refractivity contribution in [1.29, 1.82) is 0 Å². The van der Waals surface area contributed by atoms with E-state index in [9.17, 15) is 18.0 Å². The third-order valence-electron chi connectivity index (χ3n) is 2.49. The van der Waals surface area contributed by atoms with Crippen molar-refractivity contribution in [3.8, 4) is 0 Å². The fraction of sp³-hybridized carbons (Fsp3) is 0.471. The topological polar surface area (TPSA) is 20.3 Å². The van der Waals surface area contributed by atoms with Gasteiger partial charge in [-0.3, -0.25) is 4.79 Å². The lowest BCUT2D eigenvalue weighted by Crippen LogP contribution is -2.24. The van der Waals surface area contributed by atoms with Crippen LogP contribution in [0.15, 0.2) is 30.9 Å². The number of amides is 1. The van der Waals surface area contributed by atoms with Crippen LogP contribution < -0.4 is 0 Å². The van der Waals surface area contributed by atoms with Gasteiger partial charge in [-0.15, -0.1) is 6.58 Å². The first kappa shape index (κ1) is 23.8. The fourth-order valence-corrected chi connectivity index (χ4v) is 1.78. The van der Waals surface area contributed by atoms with Crippen molar-refractivity contribution in [3.63, 3.8) is 0 Å². The van der Waals surface area contributed by atoms with E-state index >= 15 is 0 Å². The Morgan fingerprint density at radius 2 is 1.83 bits per heavy atom. The highest BCUT2D eigenvalue weighted by Gasteiger charge is 2.15. The van der Waals surface area contributed by atoms with E-state index in [4.69, 9.17) is 11.6 Å². The third kappa shape index (κ3) is 15.2. The molecule has 0 saturated heterocycles. The summed E-state index contributed by atoms with van der Waals surface area (Å²) in [7, 11) is 0. The standard InChI is InChI=1S/C13H16ClNO.C2H3F3.C2H6/c1-3-7-15(10-16)8-6-12-4-5-13(14)9-11(12)2;1-2(3,4)5;1-2/h3-5,9-10H,1,6-8H2,2H3;1H3;1-2H3.